The predicted molar refractivity (Wildman–Crippen MR) is 130 cm³/mol. The summed E-state index contributed by atoms with van der Waals surface area (Å²) < 4.78 is 16.0. The van der Waals surface area contributed by atoms with Crippen LogP contribution in [0, 0.1) is 11.3 Å². The molecule has 35 heavy (non-hydrogen) atoms. The number of hydrogen-bond donors (Lipinski definition) is 1. The number of fused-ring (bicyclic) bond motifs is 1. The summed E-state index contributed by atoms with van der Waals surface area (Å²) in [4.78, 5) is 32.5. The van der Waals surface area contributed by atoms with Crippen molar-refractivity contribution in [3.63, 3.8) is 0 Å². The Labute approximate surface area is 203 Å². The zero-order valence-corrected chi connectivity index (χ0v) is 19.9. The quantitative estimate of drug-likeness (QED) is 0.526. The summed E-state index contributed by atoms with van der Waals surface area (Å²) in [5.41, 5.74) is 1.74. The van der Waals surface area contributed by atoms with E-state index in [1.807, 2.05) is 0 Å². The summed E-state index contributed by atoms with van der Waals surface area (Å²) in [6.07, 6.45) is 2.89. The lowest BCUT2D eigenvalue weighted by atomic mass is 10.0. The Morgan fingerprint density at radius 1 is 0.971 bits per heavy atom. The van der Waals surface area contributed by atoms with Gasteiger partial charge in [0.2, 0.25) is 5.75 Å². The third-order valence-electron chi connectivity index (χ3n) is 6.03. The normalized spacial score (nSPS) is 15.9. The standard InChI is InChI=1S/C26H26N4O5/c1-33-20-13-16(14-21(34-2)23(20)35-3)25(31)29-24-18-10-6-5-9-17(18)22(28-24)19(15-27)26(32)30-11-7-4-8-12-30/h5-6,9-10,13-14H,4,7-8,11-12H2,1-3H3,(H,28,29,31)/b22-19+. The Bertz CT molecular complexity index is 1240. The van der Waals surface area contributed by atoms with Crippen molar-refractivity contribution in [1.82, 2.24) is 10.2 Å². The fourth-order valence-electron chi connectivity index (χ4n) is 4.26. The molecule has 0 spiro atoms. The van der Waals surface area contributed by atoms with E-state index >= 15 is 0 Å². The molecule has 9 nitrogen and oxygen atoms in total. The number of benzene rings is 2. The summed E-state index contributed by atoms with van der Waals surface area (Å²) in [5, 5.41) is 12.7. The van der Waals surface area contributed by atoms with Gasteiger partial charge in [-0.2, -0.15) is 5.26 Å². The van der Waals surface area contributed by atoms with Crippen LogP contribution in [-0.2, 0) is 4.79 Å². The molecule has 0 unspecified atom stereocenters. The number of carbonyl (C=O) groups excluding carboxylic acids is 2. The largest absolute Gasteiger partial charge is 0.493 e. The van der Waals surface area contributed by atoms with Gasteiger partial charge in [0.05, 0.1) is 27.0 Å². The van der Waals surface area contributed by atoms with Gasteiger partial charge in [-0.25, -0.2) is 4.99 Å². The number of likely N-dealkylation sites (tertiary alicyclic amines) is 1. The summed E-state index contributed by atoms with van der Waals surface area (Å²) in [6.45, 7) is 1.24. The number of aliphatic imine (C=N–C) groups is 1. The zero-order chi connectivity index (χ0) is 24.9. The second-order valence-electron chi connectivity index (χ2n) is 8.06. The van der Waals surface area contributed by atoms with Crippen LogP contribution < -0.4 is 19.5 Å². The number of nitriles is 1. The van der Waals surface area contributed by atoms with Crippen molar-refractivity contribution in [2.45, 2.75) is 19.3 Å². The van der Waals surface area contributed by atoms with Crippen LogP contribution in [0.3, 0.4) is 0 Å². The van der Waals surface area contributed by atoms with Crippen LogP contribution in [0.1, 0.15) is 40.7 Å². The van der Waals surface area contributed by atoms with Crippen molar-refractivity contribution < 1.29 is 23.8 Å². The molecule has 0 aliphatic carbocycles. The molecule has 2 aromatic carbocycles. The average molecular weight is 475 g/mol. The molecule has 0 bridgehead atoms. The molecule has 9 heteroatoms. The van der Waals surface area contributed by atoms with E-state index in [1.165, 1.54) is 33.5 Å². The van der Waals surface area contributed by atoms with Crippen molar-refractivity contribution in [3.05, 3.63) is 58.7 Å². The molecule has 2 heterocycles. The maximum atomic E-state index is 13.2. The van der Waals surface area contributed by atoms with Crippen molar-refractivity contribution in [3.8, 4) is 23.3 Å². The lowest BCUT2D eigenvalue weighted by Crippen LogP contribution is -2.36. The summed E-state index contributed by atoms with van der Waals surface area (Å²) in [7, 11) is 4.42. The third kappa shape index (κ3) is 4.55. The number of methoxy groups -OCH3 is 3. The highest BCUT2D eigenvalue weighted by Crippen LogP contribution is 2.38. The molecular formula is C26H26N4O5. The van der Waals surface area contributed by atoms with E-state index in [-0.39, 0.29) is 28.6 Å². The maximum absolute atomic E-state index is 13.2. The maximum Gasteiger partial charge on any atom is 0.266 e. The predicted octanol–water partition coefficient (Wildman–Crippen LogP) is 3.15. The topological polar surface area (TPSA) is 113 Å². The number of carbonyl (C=O) groups is 2. The van der Waals surface area contributed by atoms with Crippen LogP contribution in [0.25, 0.3) is 5.70 Å². The molecule has 0 aromatic heterocycles. The van der Waals surface area contributed by atoms with Gasteiger partial charge in [-0.1, -0.05) is 24.3 Å². The van der Waals surface area contributed by atoms with Gasteiger partial charge in [-0.05, 0) is 31.4 Å². The summed E-state index contributed by atoms with van der Waals surface area (Å²) in [6, 6.07) is 12.3. The van der Waals surface area contributed by atoms with E-state index in [9.17, 15) is 14.9 Å². The van der Waals surface area contributed by atoms with Crippen LogP contribution >= 0.6 is 0 Å². The van der Waals surface area contributed by atoms with Crippen LogP contribution in [0.4, 0.5) is 0 Å². The molecular weight excluding hydrogens is 448 g/mol. The highest BCUT2D eigenvalue weighted by Gasteiger charge is 2.30. The van der Waals surface area contributed by atoms with Gasteiger partial charge in [0, 0.05) is 29.8 Å². The molecule has 2 aliphatic heterocycles. The van der Waals surface area contributed by atoms with E-state index in [0.29, 0.717) is 41.5 Å². The first-order valence-corrected chi connectivity index (χ1v) is 11.3. The van der Waals surface area contributed by atoms with Gasteiger partial charge in [-0.3, -0.25) is 9.59 Å². The Balaban J connectivity index is 1.71. The monoisotopic (exact) mass is 474 g/mol. The Kier molecular flexibility index (Phi) is 7.01. The summed E-state index contributed by atoms with van der Waals surface area (Å²) in [5.74, 6) is 0.511. The van der Waals surface area contributed by atoms with E-state index < -0.39 is 5.91 Å². The van der Waals surface area contributed by atoms with E-state index in [1.54, 1.807) is 29.2 Å². The minimum absolute atomic E-state index is 0.0311. The molecule has 180 valence electrons. The molecule has 2 aliphatic rings. The Morgan fingerprint density at radius 3 is 2.17 bits per heavy atom. The molecule has 1 N–H and O–H groups in total. The van der Waals surface area contributed by atoms with Crippen molar-refractivity contribution >= 4 is 23.3 Å². The molecule has 1 fully saturated rings. The molecule has 0 atom stereocenters. The number of amidine groups is 1. The van der Waals surface area contributed by atoms with E-state index in [4.69, 9.17) is 14.2 Å². The number of amides is 2. The molecule has 2 aromatic rings. The average Bonchev–Trinajstić information content (AvgIpc) is 3.26. The molecule has 4 rings (SSSR count). The number of piperidine rings is 1. The third-order valence-corrected chi connectivity index (χ3v) is 6.03. The lowest BCUT2D eigenvalue weighted by molar-refractivity contribution is -0.127. The highest BCUT2D eigenvalue weighted by molar-refractivity contribution is 6.20. The highest BCUT2D eigenvalue weighted by atomic mass is 16.5. The van der Waals surface area contributed by atoms with E-state index in [0.717, 1.165) is 19.3 Å². The number of rotatable bonds is 5. The minimum Gasteiger partial charge on any atom is -0.493 e. The van der Waals surface area contributed by atoms with Crippen molar-refractivity contribution in [2.75, 3.05) is 34.4 Å². The Morgan fingerprint density at radius 2 is 1.60 bits per heavy atom. The second-order valence-corrected chi connectivity index (χ2v) is 8.06. The molecule has 2 amide bonds. The van der Waals surface area contributed by atoms with Gasteiger partial charge in [0.25, 0.3) is 11.8 Å². The van der Waals surface area contributed by atoms with Crippen molar-refractivity contribution in [1.29, 1.82) is 5.26 Å². The summed E-state index contributed by atoms with van der Waals surface area (Å²) >= 11 is 0. The molecule has 0 saturated carbocycles. The fraction of sp³-hybridized carbons (Fsp3) is 0.308. The van der Waals surface area contributed by atoms with Crippen LogP contribution in [0.15, 0.2) is 47.0 Å². The number of nitrogens with zero attached hydrogens (tertiary/aromatic N) is 3. The first-order chi connectivity index (χ1) is 17.0. The van der Waals surface area contributed by atoms with Crippen LogP contribution in [-0.4, -0.2) is 57.0 Å². The van der Waals surface area contributed by atoms with Gasteiger partial charge in [-0.15, -0.1) is 0 Å². The zero-order valence-electron chi connectivity index (χ0n) is 19.9. The smallest absolute Gasteiger partial charge is 0.266 e. The van der Waals surface area contributed by atoms with Gasteiger partial charge in [0.15, 0.2) is 11.5 Å². The lowest BCUT2D eigenvalue weighted by Gasteiger charge is -2.26. The van der Waals surface area contributed by atoms with Gasteiger partial charge in [0.1, 0.15) is 17.5 Å². The van der Waals surface area contributed by atoms with Crippen molar-refractivity contribution in [2.24, 2.45) is 4.99 Å². The second kappa shape index (κ2) is 10.3. The molecule has 0 radical (unpaired) electrons. The van der Waals surface area contributed by atoms with Crippen LogP contribution in [0.5, 0.6) is 17.2 Å². The number of nitrogens with one attached hydrogen (secondary N) is 1. The fourth-order valence-corrected chi connectivity index (χ4v) is 4.26. The minimum atomic E-state index is -0.458. The first-order valence-electron chi connectivity index (χ1n) is 11.3. The first kappa shape index (κ1) is 23.8. The number of ether oxygens (including phenoxy) is 3. The SMILES string of the molecule is COc1cc(C(=O)NC2=N/C(=C(\C#N)C(=O)N3CCCCC3)c3ccccc32)cc(OC)c1OC. The van der Waals surface area contributed by atoms with Gasteiger partial charge < -0.3 is 24.4 Å². The van der Waals surface area contributed by atoms with Crippen LogP contribution in [0.2, 0.25) is 0 Å². The Hall–Kier alpha value is -4.32. The number of hydrogen-bond acceptors (Lipinski definition) is 7. The van der Waals surface area contributed by atoms with Gasteiger partial charge >= 0.3 is 0 Å². The van der Waals surface area contributed by atoms with E-state index in [2.05, 4.69) is 16.4 Å². The molecule has 1 saturated heterocycles.